The van der Waals surface area contributed by atoms with Crippen LogP contribution in [0.3, 0.4) is 0 Å². The number of β-amino-alcohol motifs (C(OH)–C–C–N with tert-alkyl or cyclic N) is 1. The van der Waals surface area contributed by atoms with E-state index in [-0.39, 0.29) is 24.2 Å². The molecule has 1 aliphatic heterocycles. The topological polar surface area (TPSA) is 108 Å². The summed E-state index contributed by atoms with van der Waals surface area (Å²) in [6.45, 7) is 4.49. The molecule has 0 bridgehead atoms. The lowest BCUT2D eigenvalue weighted by molar-refractivity contribution is -0.132. The highest BCUT2D eigenvalue weighted by Gasteiger charge is 2.31. The van der Waals surface area contributed by atoms with Crippen LogP contribution >= 0.6 is 0 Å². The molecule has 2 aliphatic rings. The van der Waals surface area contributed by atoms with Crippen molar-refractivity contribution in [2.45, 2.75) is 45.3 Å². The van der Waals surface area contributed by atoms with Crippen LogP contribution in [0.15, 0.2) is 30.5 Å². The Morgan fingerprint density at radius 3 is 2.77 bits per heavy atom. The lowest BCUT2D eigenvalue weighted by atomic mass is 10.0. The van der Waals surface area contributed by atoms with E-state index in [9.17, 15) is 19.1 Å². The van der Waals surface area contributed by atoms with Gasteiger partial charge in [-0.3, -0.25) is 14.6 Å². The van der Waals surface area contributed by atoms with Crippen molar-refractivity contribution >= 4 is 22.8 Å². The van der Waals surface area contributed by atoms with Crippen molar-refractivity contribution in [3.05, 3.63) is 47.5 Å². The molecule has 0 unspecified atom stereocenters. The van der Waals surface area contributed by atoms with Gasteiger partial charge in [-0.25, -0.2) is 4.39 Å². The molecule has 3 heterocycles. The number of hydrogen-bond donors (Lipinski definition) is 3. The fourth-order valence-corrected chi connectivity index (χ4v) is 4.67. The fraction of sp³-hybridized carbons (Fsp3) is 0.423. The second-order valence-corrected chi connectivity index (χ2v) is 9.50. The van der Waals surface area contributed by atoms with Crippen molar-refractivity contribution < 1.29 is 23.8 Å². The van der Waals surface area contributed by atoms with E-state index in [4.69, 9.17) is 4.74 Å². The van der Waals surface area contributed by atoms with Crippen LogP contribution in [0.5, 0.6) is 5.75 Å². The Morgan fingerprint density at radius 2 is 2.06 bits per heavy atom. The molecule has 1 aromatic carbocycles. The van der Waals surface area contributed by atoms with Crippen LogP contribution in [0, 0.1) is 18.7 Å². The third-order valence-electron chi connectivity index (χ3n) is 6.85. The molecule has 1 saturated heterocycles. The van der Waals surface area contributed by atoms with E-state index in [1.54, 1.807) is 30.2 Å². The third kappa shape index (κ3) is 4.73. The zero-order valence-corrected chi connectivity index (χ0v) is 19.8. The van der Waals surface area contributed by atoms with Gasteiger partial charge >= 0.3 is 0 Å². The van der Waals surface area contributed by atoms with E-state index in [0.29, 0.717) is 64.7 Å². The number of aromatic amines is 1. The van der Waals surface area contributed by atoms with Crippen LogP contribution in [0.25, 0.3) is 22.2 Å². The van der Waals surface area contributed by atoms with E-state index < -0.39 is 12.1 Å². The molecular formula is C26H29FN4O4. The first-order valence-electron chi connectivity index (χ1n) is 12.0. The summed E-state index contributed by atoms with van der Waals surface area (Å²) in [6.07, 6.45) is 3.48. The van der Waals surface area contributed by atoms with Gasteiger partial charge in [0.15, 0.2) is 0 Å². The molecular weight excluding hydrogens is 451 g/mol. The van der Waals surface area contributed by atoms with E-state index >= 15 is 0 Å². The molecule has 2 atom stereocenters. The number of ether oxygens (including phenoxy) is 1. The second-order valence-electron chi connectivity index (χ2n) is 9.50. The van der Waals surface area contributed by atoms with E-state index in [2.05, 4.69) is 15.3 Å². The minimum Gasteiger partial charge on any atom is -0.493 e. The summed E-state index contributed by atoms with van der Waals surface area (Å²) in [5.41, 5.74) is 3.36. The molecule has 0 spiro atoms. The number of aliphatic hydroxyl groups is 1. The third-order valence-corrected chi connectivity index (χ3v) is 6.85. The van der Waals surface area contributed by atoms with Crippen LogP contribution in [-0.2, 0) is 4.79 Å². The first-order valence-corrected chi connectivity index (χ1v) is 12.0. The van der Waals surface area contributed by atoms with Crippen molar-refractivity contribution in [3.63, 3.8) is 0 Å². The molecule has 2 amide bonds. The van der Waals surface area contributed by atoms with Gasteiger partial charge in [-0.1, -0.05) is 0 Å². The lowest BCUT2D eigenvalue weighted by Gasteiger charge is -2.35. The normalized spacial score (nSPS) is 20.2. The molecule has 3 N–H and O–H groups in total. The highest BCUT2D eigenvalue weighted by atomic mass is 19.1. The summed E-state index contributed by atoms with van der Waals surface area (Å²) in [7, 11) is 0. The number of nitrogens with one attached hydrogen (secondary N) is 2. The molecule has 35 heavy (non-hydrogen) atoms. The number of aryl methyl sites for hydroxylation is 1. The van der Waals surface area contributed by atoms with Gasteiger partial charge in [-0.05, 0) is 56.4 Å². The van der Waals surface area contributed by atoms with Crippen LogP contribution in [0.1, 0.15) is 42.2 Å². The van der Waals surface area contributed by atoms with Crippen molar-refractivity contribution in [2.24, 2.45) is 5.92 Å². The fourth-order valence-electron chi connectivity index (χ4n) is 4.67. The van der Waals surface area contributed by atoms with Crippen LogP contribution < -0.4 is 10.1 Å². The predicted octanol–water partition coefficient (Wildman–Crippen LogP) is 3.18. The van der Waals surface area contributed by atoms with Gasteiger partial charge in [0, 0.05) is 43.0 Å². The molecule has 9 heteroatoms. The summed E-state index contributed by atoms with van der Waals surface area (Å²) < 4.78 is 20.2. The number of benzene rings is 1. The van der Waals surface area contributed by atoms with Gasteiger partial charge in [0.25, 0.3) is 5.91 Å². The Labute approximate surface area is 202 Å². The van der Waals surface area contributed by atoms with E-state index in [0.717, 1.165) is 12.8 Å². The number of piperidine rings is 1. The van der Waals surface area contributed by atoms with Gasteiger partial charge in [0.05, 0.1) is 29.8 Å². The quantitative estimate of drug-likeness (QED) is 0.502. The minimum absolute atomic E-state index is 0.101. The zero-order valence-electron chi connectivity index (χ0n) is 19.8. The number of nitrogens with zero attached hydrogens (tertiary/aromatic N) is 2. The monoisotopic (exact) mass is 480 g/mol. The molecule has 1 saturated carbocycles. The SMILES string of the molecule is CC(=O)N1CC[C@@H](NC(=O)c2c(C)[nH]c3c(-c4cc(F)ccc4OCC4CC4)ccnc23)[C@H](O)C1. The summed E-state index contributed by atoms with van der Waals surface area (Å²) in [4.78, 5) is 34.2. The number of amides is 2. The van der Waals surface area contributed by atoms with Gasteiger partial charge in [0.2, 0.25) is 5.91 Å². The van der Waals surface area contributed by atoms with Crippen molar-refractivity contribution in [3.8, 4) is 16.9 Å². The van der Waals surface area contributed by atoms with Crippen LogP contribution in [-0.4, -0.2) is 63.6 Å². The lowest BCUT2D eigenvalue weighted by Crippen LogP contribution is -2.55. The van der Waals surface area contributed by atoms with E-state index in [1.807, 2.05) is 0 Å². The first kappa shape index (κ1) is 23.3. The number of hydrogen-bond acceptors (Lipinski definition) is 5. The number of aliphatic hydroxyl groups excluding tert-OH is 1. The Kier molecular flexibility index (Phi) is 6.19. The van der Waals surface area contributed by atoms with Crippen molar-refractivity contribution in [1.29, 1.82) is 0 Å². The van der Waals surface area contributed by atoms with Gasteiger partial charge in [-0.15, -0.1) is 0 Å². The minimum atomic E-state index is -0.857. The Hall–Kier alpha value is -3.46. The standard InChI is InChI=1S/C26H29FN4O4/c1-14-23(26(34)30-20-8-10-31(15(2)32)12-21(20)33)25-24(29-14)18(7-9-28-25)19-11-17(27)5-6-22(19)35-13-16-3-4-16/h5-7,9,11,16,20-21,29,33H,3-4,8,10,12-13H2,1-2H3,(H,30,34)/t20-,21-/m1/s1. The molecule has 3 aromatic rings. The maximum Gasteiger partial charge on any atom is 0.255 e. The van der Waals surface area contributed by atoms with Crippen LogP contribution in [0.2, 0.25) is 0 Å². The maximum atomic E-state index is 14.2. The molecule has 8 nitrogen and oxygen atoms in total. The van der Waals surface area contributed by atoms with Gasteiger partial charge in [0.1, 0.15) is 17.1 Å². The molecule has 2 aromatic heterocycles. The number of pyridine rings is 1. The van der Waals surface area contributed by atoms with Crippen molar-refractivity contribution in [1.82, 2.24) is 20.2 Å². The number of H-pyrrole nitrogens is 1. The predicted molar refractivity (Wildman–Crippen MR) is 129 cm³/mol. The Morgan fingerprint density at radius 1 is 1.26 bits per heavy atom. The number of halogens is 1. The number of likely N-dealkylation sites (tertiary alicyclic amines) is 1. The maximum absolute atomic E-state index is 14.2. The Bertz CT molecular complexity index is 1290. The van der Waals surface area contributed by atoms with Crippen molar-refractivity contribution in [2.75, 3.05) is 19.7 Å². The number of fused-ring (bicyclic) bond motifs is 1. The Balaban J connectivity index is 1.45. The first-order chi connectivity index (χ1) is 16.8. The summed E-state index contributed by atoms with van der Waals surface area (Å²) >= 11 is 0. The summed E-state index contributed by atoms with van der Waals surface area (Å²) in [6, 6.07) is 5.76. The number of aromatic nitrogens is 2. The summed E-state index contributed by atoms with van der Waals surface area (Å²) in [5.74, 6) is 0.297. The molecule has 1 aliphatic carbocycles. The summed E-state index contributed by atoms with van der Waals surface area (Å²) in [5, 5.41) is 13.4. The number of rotatable bonds is 6. The van der Waals surface area contributed by atoms with Gasteiger partial charge < -0.3 is 25.0 Å². The molecule has 2 fully saturated rings. The second kappa shape index (κ2) is 9.30. The smallest absolute Gasteiger partial charge is 0.255 e. The number of carbonyl (C=O) groups is 2. The molecule has 5 rings (SSSR count). The zero-order chi connectivity index (χ0) is 24.7. The average molecular weight is 481 g/mol. The highest BCUT2D eigenvalue weighted by molar-refractivity contribution is 6.09. The average Bonchev–Trinajstić information content (AvgIpc) is 3.59. The molecule has 0 radical (unpaired) electrons. The van der Waals surface area contributed by atoms with E-state index in [1.165, 1.54) is 19.1 Å². The highest BCUT2D eigenvalue weighted by Crippen LogP contribution is 2.38. The van der Waals surface area contributed by atoms with Crippen LogP contribution in [0.4, 0.5) is 4.39 Å². The molecule has 184 valence electrons. The number of carbonyl (C=O) groups excluding carboxylic acids is 2. The largest absolute Gasteiger partial charge is 0.493 e. The van der Waals surface area contributed by atoms with Gasteiger partial charge in [-0.2, -0.15) is 0 Å².